The highest BCUT2D eigenvalue weighted by molar-refractivity contribution is 6.43. The number of halogens is 2. The average molecular weight is 446 g/mol. The maximum atomic E-state index is 6.42. The van der Waals surface area contributed by atoms with Crippen LogP contribution in [-0.4, -0.2) is 24.6 Å². The zero-order valence-corrected chi connectivity index (χ0v) is 19.5. The van der Waals surface area contributed by atoms with Gasteiger partial charge in [0.05, 0.1) is 27.6 Å². The molecule has 1 saturated heterocycles. The molecule has 4 rings (SSSR count). The van der Waals surface area contributed by atoms with Gasteiger partial charge in [-0.2, -0.15) is 0 Å². The van der Waals surface area contributed by atoms with Gasteiger partial charge >= 0.3 is 0 Å². The summed E-state index contributed by atoms with van der Waals surface area (Å²) in [7, 11) is 0. The fourth-order valence-electron chi connectivity index (χ4n) is 5.44. The molecule has 2 aliphatic rings. The predicted octanol–water partition coefficient (Wildman–Crippen LogP) is 6.88. The molecule has 1 saturated carbocycles. The summed E-state index contributed by atoms with van der Waals surface area (Å²) in [4.78, 5) is 7.24. The smallest absolute Gasteiger partial charge is 0.0748 e. The van der Waals surface area contributed by atoms with E-state index in [1.807, 2.05) is 24.4 Å². The normalized spacial score (nSPS) is 19.8. The second-order valence-electron chi connectivity index (χ2n) is 9.36. The third-order valence-electron chi connectivity index (χ3n) is 7.34. The van der Waals surface area contributed by atoms with Gasteiger partial charge in [-0.15, -0.1) is 0 Å². The van der Waals surface area contributed by atoms with Crippen LogP contribution in [0.1, 0.15) is 56.9 Å². The van der Waals surface area contributed by atoms with Crippen LogP contribution < -0.4 is 10.6 Å². The molecule has 2 heterocycles. The fraction of sp³-hybridized carbons (Fsp3) is 0.560. The predicted molar refractivity (Wildman–Crippen MR) is 129 cm³/mol. The lowest BCUT2D eigenvalue weighted by molar-refractivity contribution is 0.151. The maximum Gasteiger partial charge on any atom is 0.0748 e. The number of nitrogens with zero attached hydrogens (tertiary/aromatic N) is 2. The molecular formula is C25H33Cl2N3. The van der Waals surface area contributed by atoms with Crippen molar-refractivity contribution >= 4 is 28.9 Å². The molecule has 0 spiro atoms. The summed E-state index contributed by atoms with van der Waals surface area (Å²) in [6.45, 7) is 5.03. The highest BCUT2D eigenvalue weighted by Crippen LogP contribution is 2.42. The number of aryl methyl sites for hydroxylation is 1. The number of aromatic nitrogens is 1. The lowest BCUT2D eigenvalue weighted by Gasteiger charge is -2.44. The van der Waals surface area contributed by atoms with Crippen LogP contribution in [0, 0.1) is 18.3 Å². The first-order chi connectivity index (χ1) is 14.5. The summed E-state index contributed by atoms with van der Waals surface area (Å²) in [5.74, 6) is 0.888. The van der Waals surface area contributed by atoms with Crippen LogP contribution in [0.15, 0.2) is 30.5 Å². The number of rotatable bonds is 5. The van der Waals surface area contributed by atoms with E-state index in [1.165, 1.54) is 57.1 Å². The Hall–Kier alpha value is -1.29. The van der Waals surface area contributed by atoms with Crippen LogP contribution in [-0.2, 0) is 0 Å². The highest BCUT2D eigenvalue weighted by atomic mass is 35.5. The van der Waals surface area contributed by atoms with E-state index in [-0.39, 0.29) is 0 Å². The molecule has 0 unspecified atom stereocenters. The van der Waals surface area contributed by atoms with Gasteiger partial charge in [0, 0.05) is 18.7 Å². The Morgan fingerprint density at radius 2 is 1.87 bits per heavy atom. The third kappa shape index (κ3) is 4.64. The molecule has 0 radical (unpaired) electrons. The number of anilines is 1. The lowest BCUT2D eigenvalue weighted by Crippen LogP contribution is -2.45. The van der Waals surface area contributed by atoms with Gasteiger partial charge < -0.3 is 10.6 Å². The molecule has 0 atom stereocenters. The van der Waals surface area contributed by atoms with Crippen LogP contribution in [0.5, 0.6) is 0 Å². The minimum absolute atomic E-state index is 0.329. The van der Waals surface area contributed by atoms with Crippen molar-refractivity contribution < 1.29 is 0 Å². The topological polar surface area (TPSA) is 42.1 Å². The van der Waals surface area contributed by atoms with Crippen LogP contribution in [0.4, 0.5) is 5.69 Å². The van der Waals surface area contributed by atoms with E-state index < -0.39 is 0 Å². The summed E-state index contributed by atoms with van der Waals surface area (Å²) in [5, 5.41) is 1.13. The number of pyridine rings is 1. The highest BCUT2D eigenvalue weighted by Gasteiger charge is 2.36. The first-order valence-electron chi connectivity index (χ1n) is 11.4. The largest absolute Gasteiger partial charge is 0.370 e. The molecule has 2 N–H and O–H groups in total. The molecule has 1 aromatic heterocycles. The van der Waals surface area contributed by atoms with E-state index in [0.29, 0.717) is 15.5 Å². The van der Waals surface area contributed by atoms with Gasteiger partial charge in [0.15, 0.2) is 0 Å². The number of hydrogen-bond donors (Lipinski definition) is 1. The first-order valence-corrected chi connectivity index (χ1v) is 12.1. The summed E-state index contributed by atoms with van der Waals surface area (Å²) >= 11 is 12.6. The second kappa shape index (κ2) is 9.46. The van der Waals surface area contributed by atoms with Gasteiger partial charge in [-0.1, -0.05) is 67.4 Å². The molecule has 0 bridgehead atoms. The quantitative estimate of drug-likeness (QED) is 0.544. The molecule has 1 aliphatic heterocycles. The Bertz CT molecular complexity index is 869. The van der Waals surface area contributed by atoms with Crippen molar-refractivity contribution in [3.63, 3.8) is 0 Å². The lowest BCUT2D eigenvalue weighted by atomic mass is 9.69. The SMILES string of the molecule is Cc1cc(N2CCC(CN)(CC3CCCCC3)CC2)cnc1-c1cccc(Cl)c1Cl. The summed E-state index contributed by atoms with van der Waals surface area (Å²) in [5.41, 5.74) is 10.8. The van der Waals surface area contributed by atoms with Gasteiger partial charge in [0.1, 0.15) is 0 Å². The Labute approximate surface area is 191 Å². The zero-order valence-electron chi connectivity index (χ0n) is 18.0. The zero-order chi connectivity index (χ0) is 21.1. The Balaban J connectivity index is 1.45. The maximum absolute atomic E-state index is 6.42. The second-order valence-corrected chi connectivity index (χ2v) is 10.1. The molecule has 5 heteroatoms. The standard InChI is InChI=1S/C25H33Cl2N3/c1-18-14-20(16-29-24(18)21-8-5-9-22(26)23(21)27)30-12-10-25(17-28,11-13-30)15-19-6-3-2-4-7-19/h5,8-9,14,16,19H,2-4,6-7,10-13,15,17,28H2,1H3. The van der Waals surface area contributed by atoms with Gasteiger partial charge in [0.2, 0.25) is 0 Å². The van der Waals surface area contributed by atoms with Crippen LogP contribution in [0.3, 0.4) is 0 Å². The molecule has 3 nitrogen and oxygen atoms in total. The molecule has 2 aromatic rings. The van der Waals surface area contributed by atoms with E-state index >= 15 is 0 Å². The molecule has 30 heavy (non-hydrogen) atoms. The molecule has 0 amide bonds. The molecule has 1 aliphatic carbocycles. The Morgan fingerprint density at radius 3 is 2.53 bits per heavy atom. The van der Waals surface area contributed by atoms with E-state index in [4.69, 9.17) is 33.9 Å². The van der Waals surface area contributed by atoms with E-state index in [2.05, 4.69) is 17.9 Å². The monoisotopic (exact) mass is 445 g/mol. The molecule has 162 valence electrons. The van der Waals surface area contributed by atoms with E-state index in [0.717, 1.165) is 42.4 Å². The first kappa shape index (κ1) is 21.9. The average Bonchev–Trinajstić information content (AvgIpc) is 2.77. The van der Waals surface area contributed by atoms with Crippen molar-refractivity contribution in [1.29, 1.82) is 0 Å². The molecule has 1 aromatic carbocycles. The number of nitrogens with two attached hydrogens (primary N) is 1. The number of hydrogen-bond acceptors (Lipinski definition) is 3. The van der Waals surface area contributed by atoms with Crippen LogP contribution >= 0.6 is 23.2 Å². The van der Waals surface area contributed by atoms with Gasteiger partial charge in [-0.25, -0.2) is 0 Å². The van der Waals surface area contributed by atoms with Crippen molar-refractivity contribution in [2.45, 2.75) is 58.3 Å². The third-order valence-corrected chi connectivity index (χ3v) is 8.16. The molecule has 2 fully saturated rings. The van der Waals surface area contributed by atoms with Crippen molar-refractivity contribution in [3.05, 3.63) is 46.1 Å². The molecular weight excluding hydrogens is 413 g/mol. The summed E-state index contributed by atoms with van der Waals surface area (Å²) in [6.07, 6.45) is 12.7. The minimum atomic E-state index is 0.329. The van der Waals surface area contributed by atoms with Crippen molar-refractivity contribution in [1.82, 2.24) is 4.98 Å². The summed E-state index contributed by atoms with van der Waals surface area (Å²) in [6, 6.07) is 7.94. The van der Waals surface area contributed by atoms with Gasteiger partial charge in [0.25, 0.3) is 0 Å². The summed E-state index contributed by atoms with van der Waals surface area (Å²) < 4.78 is 0. The Morgan fingerprint density at radius 1 is 1.13 bits per heavy atom. The Kier molecular flexibility index (Phi) is 6.91. The van der Waals surface area contributed by atoms with Gasteiger partial charge in [-0.3, -0.25) is 4.98 Å². The van der Waals surface area contributed by atoms with Crippen LogP contribution in [0.25, 0.3) is 11.3 Å². The number of piperidine rings is 1. The minimum Gasteiger partial charge on any atom is -0.370 e. The van der Waals surface area contributed by atoms with E-state index in [1.54, 1.807) is 0 Å². The number of benzene rings is 1. The fourth-order valence-corrected chi connectivity index (χ4v) is 5.83. The van der Waals surface area contributed by atoms with Gasteiger partial charge in [-0.05, 0) is 61.8 Å². The van der Waals surface area contributed by atoms with Crippen molar-refractivity contribution in [2.24, 2.45) is 17.1 Å². The van der Waals surface area contributed by atoms with E-state index in [9.17, 15) is 0 Å². The van der Waals surface area contributed by atoms with Crippen molar-refractivity contribution in [3.8, 4) is 11.3 Å². The van der Waals surface area contributed by atoms with Crippen LogP contribution in [0.2, 0.25) is 10.0 Å². The van der Waals surface area contributed by atoms with Crippen molar-refractivity contribution in [2.75, 3.05) is 24.5 Å².